The third kappa shape index (κ3) is 1.76. The molecule has 1 aliphatic heterocycles. The van der Waals surface area contributed by atoms with Crippen LogP contribution in [0.2, 0.25) is 0 Å². The van der Waals surface area contributed by atoms with Gasteiger partial charge in [-0.3, -0.25) is 4.40 Å². The number of piperidine rings is 1. The van der Waals surface area contributed by atoms with Gasteiger partial charge in [0.05, 0.1) is 0 Å². The highest BCUT2D eigenvalue weighted by Gasteiger charge is 2.23. The molecule has 0 amide bonds. The van der Waals surface area contributed by atoms with E-state index in [2.05, 4.69) is 22.1 Å². The second-order valence-corrected chi connectivity index (χ2v) is 4.75. The third-order valence-electron chi connectivity index (χ3n) is 3.43. The zero-order chi connectivity index (χ0) is 11.8. The molecule has 2 aromatic heterocycles. The van der Waals surface area contributed by atoms with Crippen molar-refractivity contribution in [3.05, 3.63) is 24.2 Å². The number of likely N-dealkylation sites (N-methyl/N-ethyl adjacent to an activating group) is 1. The van der Waals surface area contributed by atoms with E-state index < -0.39 is 0 Å². The summed E-state index contributed by atoms with van der Waals surface area (Å²) in [6.45, 7) is 2.16. The standard InChI is InChI=1S/C12H16N4O/c1-15-6-2-4-9(8-15)11-13-14-12-10(17)5-3-7-16(11)12/h3,5,7,9,17H,2,4,6,8H2,1H3. The molecule has 5 heteroatoms. The number of aromatic nitrogens is 3. The summed E-state index contributed by atoms with van der Waals surface area (Å²) >= 11 is 0. The lowest BCUT2D eigenvalue weighted by Crippen LogP contribution is -2.31. The average Bonchev–Trinajstić information content (AvgIpc) is 2.74. The zero-order valence-corrected chi connectivity index (χ0v) is 9.87. The predicted molar refractivity (Wildman–Crippen MR) is 64.1 cm³/mol. The first kappa shape index (κ1) is 10.5. The lowest BCUT2D eigenvalue weighted by atomic mass is 9.98. The molecule has 0 bridgehead atoms. The number of hydrogen-bond donors (Lipinski definition) is 1. The van der Waals surface area contributed by atoms with E-state index in [0.29, 0.717) is 11.6 Å². The van der Waals surface area contributed by atoms with Gasteiger partial charge in [0.15, 0.2) is 5.75 Å². The molecular formula is C12H16N4O. The molecule has 0 aliphatic carbocycles. The molecule has 1 atom stereocenters. The Hall–Kier alpha value is -1.62. The van der Waals surface area contributed by atoms with Crippen molar-refractivity contribution in [3.63, 3.8) is 0 Å². The van der Waals surface area contributed by atoms with Crippen LogP contribution in [0.1, 0.15) is 24.6 Å². The molecule has 90 valence electrons. The summed E-state index contributed by atoms with van der Waals surface area (Å²) in [6, 6.07) is 3.46. The maximum Gasteiger partial charge on any atom is 0.203 e. The lowest BCUT2D eigenvalue weighted by Gasteiger charge is -2.28. The number of likely N-dealkylation sites (tertiary alicyclic amines) is 1. The Morgan fingerprint density at radius 1 is 1.41 bits per heavy atom. The smallest absolute Gasteiger partial charge is 0.203 e. The highest BCUT2D eigenvalue weighted by molar-refractivity contribution is 5.52. The van der Waals surface area contributed by atoms with Gasteiger partial charge in [0.2, 0.25) is 5.65 Å². The molecule has 2 aromatic rings. The van der Waals surface area contributed by atoms with Gasteiger partial charge < -0.3 is 10.0 Å². The van der Waals surface area contributed by atoms with Crippen LogP contribution in [0.15, 0.2) is 18.3 Å². The summed E-state index contributed by atoms with van der Waals surface area (Å²) in [5.74, 6) is 1.56. The number of fused-ring (bicyclic) bond motifs is 1. The van der Waals surface area contributed by atoms with Gasteiger partial charge in [-0.05, 0) is 38.6 Å². The summed E-state index contributed by atoms with van der Waals surface area (Å²) in [4.78, 5) is 2.32. The molecule has 0 spiro atoms. The molecule has 1 N–H and O–H groups in total. The van der Waals surface area contributed by atoms with Crippen molar-refractivity contribution in [1.82, 2.24) is 19.5 Å². The van der Waals surface area contributed by atoms with Crippen LogP contribution in [-0.4, -0.2) is 44.7 Å². The van der Waals surface area contributed by atoms with Gasteiger partial charge >= 0.3 is 0 Å². The van der Waals surface area contributed by atoms with Gasteiger partial charge in [-0.25, -0.2) is 0 Å². The number of aromatic hydroxyl groups is 1. The molecule has 1 fully saturated rings. The molecule has 0 aromatic carbocycles. The van der Waals surface area contributed by atoms with Crippen molar-refractivity contribution in [3.8, 4) is 5.75 Å². The largest absolute Gasteiger partial charge is 0.504 e. The fraction of sp³-hybridized carbons (Fsp3) is 0.500. The average molecular weight is 232 g/mol. The van der Waals surface area contributed by atoms with Gasteiger partial charge in [0, 0.05) is 18.7 Å². The first-order valence-corrected chi connectivity index (χ1v) is 5.97. The highest BCUT2D eigenvalue weighted by Crippen LogP contribution is 2.26. The third-order valence-corrected chi connectivity index (χ3v) is 3.43. The Morgan fingerprint density at radius 3 is 3.12 bits per heavy atom. The molecule has 3 rings (SSSR count). The maximum atomic E-state index is 9.70. The van der Waals surface area contributed by atoms with E-state index in [1.165, 1.54) is 6.42 Å². The number of rotatable bonds is 1. The molecule has 1 unspecified atom stereocenters. The van der Waals surface area contributed by atoms with E-state index in [0.717, 1.165) is 25.3 Å². The fourth-order valence-corrected chi connectivity index (χ4v) is 2.58. The van der Waals surface area contributed by atoms with Crippen molar-refractivity contribution >= 4 is 5.65 Å². The van der Waals surface area contributed by atoms with Crippen LogP contribution in [0.5, 0.6) is 5.75 Å². The van der Waals surface area contributed by atoms with Crippen LogP contribution in [0.25, 0.3) is 5.65 Å². The normalized spacial score (nSPS) is 22.1. The second kappa shape index (κ2) is 4.00. The van der Waals surface area contributed by atoms with Crippen LogP contribution >= 0.6 is 0 Å². The minimum absolute atomic E-state index is 0.190. The zero-order valence-electron chi connectivity index (χ0n) is 9.87. The summed E-state index contributed by atoms with van der Waals surface area (Å²) in [5, 5.41) is 18.0. The lowest BCUT2D eigenvalue weighted by molar-refractivity contribution is 0.245. The molecular weight excluding hydrogens is 216 g/mol. The molecule has 17 heavy (non-hydrogen) atoms. The Morgan fingerprint density at radius 2 is 2.29 bits per heavy atom. The molecule has 3 heterocycles. The fourth-order valence-electron chi connectivity index (χ4n) is 2.58. The predicted octanol–water partition coefficient (Wildman–Crippen LogP) is 1.24. The van der Waals surface area contributed by atoms with Gasteiger partial charge in [0.1, 0.15) is 5.82 Å². The van der Waals surface area contributed by atoms with E-state index in [-0.39, 0.29) is 5.75 Å². The van der Waals surface area contributed by atoms with Crippen molar-refractivity contribution in [2.45, 2.75) is 18.8 Å². The van der Waals surface area contributed by atoms with Crippen LogP contribution < -0.4 is 0 Å². The van der Waals surface area contributed by atoms with Gasteiger partial charge in [-0.15, -0.1) is 10.2 Å². The minimum Gasteiger partial charge on any atom is -0.504 e. The van der Waals surface area contributed by atoms with Crippen LogP contribution in [-0.2, 0) is 0 Å². The maximum absolute atomic E-state index is 9.70. The minimum atomic E-state index is 0.190. The van der Waals surface area contributed by atoms with Crippen LogP contribution in [0, 0.1) is 0 Å². The highest BCUT2D eigenvalue weighted by atomic mass is 16.3. The monoisotopic (exact) mass is 232 g/mol. The van der Waals surface area contributed by atoms with Gasteiger partial charge in [0.25, 0.3) is 0 Å². The van der Waals surface area contributed by atoms with Crippen LogP contribution in [0.3, 0.4) is 0 Å². The summed E-state index contributed by atoms with van der Waals surface area (Å²) in [6.07, 6.45) is 4.24. The Bertz CT molecular complexity index is 536. The molecule has 5 nitrogen and oxygen atoms in total. The van der Waals surface area contributed by atoms with Gasteiger partial charge in [-0.2, -0.15) is 0 Å². The first-order chi connectivity index (χ1) is 8.25. The number of pyridine rings is 1. The van der Waals surface area contributed by atoms with Crippen molar-refractivity contribution in [2.24, 2.45) is 0 Å². The summed E-state index contributed by atoms with van der Waals surface area (Å²) < 4.78 is 1.90. The number of hydrogen-bond acceptors (Lipinski definition) is 4. The summed E-state index contributed by atoms with van der Waals surface area (Å²) in [5.41, 5.74) is 0.552. The summed E-state index contributed by atoms with van der Waals surface area (Å²) in [7, 11) is 2.13. The second-order valence-electron chi connectivity index (χ2n) is 4.75. The molecule has 0 saturated carbocycles. The Kier molecular flexibility index (Phi) is 2.48. The van der Waals surface area contributed by atoms with E-state index in [4.69, 9.17) is 0 Å². The SMILES string of the molecule is CN1CCCC(c2nnc3c(O)cccn23)C1. The van der Waals surface area contributed by atoms with Crippen LogP contribution in [0.4, 0.5) is 0 Å². The molecule has 1 aliphatic rings. The van der Waals surface area contributed by atoms with E-state index >= 15 is 0 Å². The van der Waals surface area contributed by atoms with Crippen molar-refractivity contribution in [2.75, 3.05) is 20.1 Å². The Labute approximate surface area is 99.7 Å². The molecule has 0 radical (unpaired) electrons. The van der Waals surface area contributed by atoms with E-state index in [1.54, 1.807) is 6.07 Å². The quantitative estimate of drug-likeness (QED) is 0.804. The van der Waals surface area contributed by atoms with Crippen molar-refractivity contribution < 1.29 is 5.11 Å². The molecule has 1 saturated heterocycles. The van der Waals surface area contributed by atoms with E-state index in [1.807, 2.05) is 16.7 Å². The van der Waals surface area contributed by atoms with Crippen molar-refractivity contribution in [1.29, 1.82) is 0 Å². The first-order valence-electron chi connectivity index (χ1n) is 5.97. The van der Waals surface area contributed by atoms with Gasteiger partial charge in [-0.1, -0.05) is 0 Å². The topological polar surface area (TPSA) is 53.7 Å². The number of nitrogens with zero attached hydrogens (tertiary/aromatic N) is 4. The Balaban J connectivity index is 2.02. The van der Waals surface area contributed by atoms with E-state index in [9.17, 15) is 5.11 Å².